The highest BCUT2D eigenvalue weighted by Gasteiger charge is 2.39. The largest absolute Gasteiger partial charge is 0.380 e. The van der Waals surface area contributed by atoms with Gasteiger partial charge in [0.25, 0.3) is 0 Å². The molecule has 3 heteroatoms. The summed E-state index contributed by atoms with van der Waals surface area (Å²) in [6, 6.07) is 12.8. The molecule has 1 aromatic heterocycles. The summed E-state index contributed by atoms with van der Waals surface area (Å²) in [5.74, 6) is -0.221. The van der Waals surface area contributed by atoms with Crippen LogP contribution in [0.1, 0.15) is 23.1 Å². The number of benzene rings is 2. The van der Waals surface area contributed by atoms with Gasteiger partial charge in [-0.3, -0.25) is 0 Å². The van der Waals surface area contributed by atoms with E-state index in [-0.39, 0.29) is 5.82 Å². The highest BCUT2D eigenvalue weighted by atomic mass is 19.1. The Morgan fingerprint density at radius 3 is 2.95 bits per heavy atom. The van der Waals surface area contributed by atoms with E-state index in [1.807, 2.05) is 36.5 Å². The summed E-state index contributed by atoms with van der Waals surface area (Å²) in [4.78, 5) is 3.14. The highest BCUT2D eigenvalue weighted by molar-refractivity contribution is 5.80. The zero-order valence-electron chi connectivity index (χ0n) is 10.9. The minimum Gasteiger partial charge on any atom is -0.380 e. The molecule has 20 heavy (non-hydrogen) atoms. The molecule has 1 atom stereocenters. The molecule has 100 valence electrons. The second-order valence-electron chi connectivity index (χ2n) is 5.41. The van der Waals surface area contributed by atoms with Gasteiger partial charge in [0.2, 0.25) is 0 Å². The molecule has 2 nitrogen and oxygen atoms in total. The molecule has 1 aliphatic rings. The van der Waals surface area contributed by atoms with Gasteiger partial charge in [0.05, 0.1) is 0 Å². The van der Waals surface area contributed by atoms with E-state index in [2.05, 4.69) is 4.98 Å². The Labute approximate surface area is 115 Å². The SMILES string of the molecule is OC1(c2ccc3[nH]ccc3c2)CCc2c(F)cccc21. The Morgan fingerprint density at radius 2 is 2.05 bits per heavy atom. The summed E-state index contributed by atoms with van der Waals surface area (Å²) in [5, 5.41) is 12.1. The van der Waals surface area contributed by atoms with Crippen LogP contribution in [0.15, 0.2) is 48.7 Å². The monoisotopic (exact) mass is 267 g/mol. The smallest absolute Gasteiger partial charge is 0.126 e. The van der Waals surface area contributed by atoms with Crippen LogP contribution < -0.4 is 0 Å². The number of nitrogens with one attached hydrogen (secondary N) is 1. The molecular formula is C17H14FNO. The van der Waals surface area contributed by atoms with Crippen molar-refractivity contribution in [1.82, 2.24) is 4.98 Å². The van der Waals surface area contributed by atoms with E-state index in [0.717, 1.165) is 16.5 Å². The molecule has 2 N–H and O–H groups in total. The van der Waals surface area contributed by atoms with E-state index < -0.39 is 5.60 Å². The Kier molecular flexibility index (Phi) is 2.30. The quantitative estimate of drug-likeness (QED) is 0.695. The van der Waals surface area contributed by atoms with Crippen LogP contribution in [0.25, 0.3) is 10.9 Å². The lowest BCUT2D eigenvalue weighted by Crippen LogP contribution is -2.23. The van der Waals surface area contributed by atoms with Crippen LogP contribution in [-0.4, -0.2) is 10.1 Å². The van der Waals surface area contributed by atoms with Crippen molar-refractivity contribution in [3.63, 3.8) is 0 Å². The van der Waals surface area contributed by atoms with Crippen molar-refractivity contribution in [2.45, 2.75) is 18.4 Å². The second-order valence-corrected chi connectivity index (χ2v) is 5.41. The molecule has 1 aliphatic carbocycles. The van der Waals surface area contributed by atoms with Gasteiger partial charge in [0.15, 0.2) is 0 Å². The molecule has 0 aliphatic heterocycles. The van der Waals surface area contributed by atoms with E-state index in [1.54, 1.807) is 6.07 Å². The van der Waals surface area contributed by atoms with Crippen LogP contribution in [0.5, 0.6) is 0 Å². The van der Waals surface area contributed by atoms with E-state index in [0.29, 0.717) is 24.0 Å². The number of rotatable bonds is 1. The van der Waals surface area contributed by atoms with Gasteiger partial charge in [-0.05, 0) is 59.2 Å². The van der Waals surface area contributed by atoms with Gasteiger partial charge in [-0.25, -0.2) is 4.39 Å². The molecule has 4 rings (SSSR count). The average Bonchev–Trinajstić information content (AvgIpc) is 3.05. The minimum absolute atomic E-state index is 0.221. The maximum absolute atomic E-state index is 13.8. The maximum Gasteiger partial charge on any atom is 0.126 e. The van der Waals surface area contributed by atoms with Crippen LogP contribution in [0.3, 0.4) is 0 Å². The van der Waals surface area contributed by atoms with Crippen LogP contribution >= 0.6 is 0 Å². The van der Waals surface area contributed by atoms with E-state index in [9.17, 15) is 9.50 Å². The summed E-state index contributed by atoms with van der Waals surface area (Å²) < 4.78 is 13.8. The topological polar surface area (TPSA) is 36.0 Å². The first-order valence-corrected chi connectivity index (χ1v) is 6.76. The summed E-state index contributed by atoms with van der Waals surface area (Å²) in [5.41, 5.74) is 2.13. The number of fused-ring (bicyclic) bond motifs is 2. The molecule has 0 fully saturated rings. The summed E-state index contributed by atoms with van der Waals surface area (Å²) >= 11 is 0. The number of hydrogen-bond donors (Lipinski definition) is 2. The van der Waals surface area contributed by atoms with Gasteiger partial charge in [-0.15, -0.1) is 0 Å². The first-order valence-electron chi connectivity index (χ1n) is 6.76. The minimum atomic E-state index is -1.08. The molecular weight excluding hydrogens is 253 g/mol. The van der Waals surface area contributed by atoms with Gasteiger partial charge >= 0.3 is 0 Å². The van der Waals surface area contributed by atoms with Crippen LogP contribution in [-0.2, 0) is 12.0 Å². The average molecular weight is 267 g/mol. The number of aromatic nitrogens is 1. The fourth-order valence-electron chi connectivity index (χ4n) is 3.25. The first-order chi connectivity index (χ1) is 9.68. The van der Waals surface area contributed by atoms with Gasteiger partial charge in [-0.2, -0.15) is 0 Å². The van der Waals surface area contributed by atoms with E-state index in [4.69, 9.17) is 0 Å². The predicted octanol–water partition coefficient (Wildman–Crippen LogP) is 3.49. The Bertz CT molecular complexity index is 808. The second kappa shape index (κ2) is 3.93. The van der Waals surface area contributed by atoms with Crippen molar-refractivity contribution in [2.75, 3.05) is 0 Å². The summed E-state index contributed by atoms with van der Waals surface area (Å²) in [7, 11) is 0. The van der Waals surface area contributed by atoms with Gasteiger partial charge in [0.1, 0.15) is 11.4 Å². The number of aromatic amines is 1. The standard InChI is InChI=1S/C17H14FNO/c18-15-3-1-2-14-13(15)6-8-17(14,20)12-4-5-16-11(10-12)7-9-19-16/h1-5,7,9-10,19-20H,6,8H2. The molecule has 0 saturated carbocycles. The van der Waals surface area contributed by atoms with Crippen molar-refractivity contribution in [3.05, 3.63) is 71.2 Å². The van der Waals surface area contributed by atoms with Gasteiger partial charge in [0, 0.05) is 11.7 Å². The van der Waals surface area contributed by atoms with Crippen molar-refractivity contribution >= 4 is 10.9 Å². The third-order valence-electron chi connectivity index (χ3n) is 4.33. The molecule has 1 unspecified atom stereocenters. The maximum atomic E-state index is 13.8. The Balaban J connectivity index is 1.92. The van der Waals surface area contributed by atoms with Crippen molar-refractivity contribution in [2.24, 2.45) is 0 Å². The van der Waals surface area contributed by atoms with Crippen molar-refractivity contribution in [3.8, 4) is 0 Å². The molecule has 1 heterocycles. The molecule has 0 spiro atoms. The number of hydrogen-bond acceptors (Lipinski definition) is 1. The third-order valence-corrected chi connectivity index (χ3v) is 4.33. The molecule has 0 bridgehead atoms. The molecule has 3 aromatic rings. The summed E-state index contributed by atoms with van der Waals surface area (Å²) in [6.45, 7) is 0. The Morgan fingerprint density at radius 1 is 1.15 bits per heavy atom. The first kappa shape index (κ1) is 11.7. The third kappa shape index (κ3) is 1.47. The number of aliphatic hydroxyl groups is 1. The lowest BCUT2D eigenvalue weighted by molar-refractivity contribution is 0.0830. The molecule has 0 radical (unpaired) electrons. The van der Waals surface area contributed by atoms with Crippen LogP contribution in [0.2, 0.25) is 0 Å². The lowest BCUT2D eigenvalue weighted by atomic mass is 9.87. The summed E-state index contributed by atoms with van der Waals surface area (Å²) in [6.07, 6.45) is 2.98. The molecule has 0 saturated heterocycles. The highest BCUT2D eigenvalue weighted by Crippen LogP contribution is 2.43. The van der Waals surface area contributed by atoms with Gasteiger partial charge in [-0.1, -0.05) is 18.2 Å². The fourth-order valence-corrected chi connectivity index (χ4v) is 3.25. The Hall–Kier alpha value is -2.13. The number of H-pyrrole nitrogens is 1. The zero-order chi connectivity index (χ0) is 13.7. The van der Waals surface area contributed by atoms with Crippen LogP contribution in [0, 0.1) is 5.82 Å². The van der Waals surface area contributed by atoms with Crippen molar-refractivity contribution < 1.29 is 9.50 Å². The fraction of sp³-hybridized carbons (Fsp3) is 0.176. The zero-order valence-corrected chi connectivity index (χ0v) is 10.9. The van der Waals surface area contributed by atoms with E-state index >= 15 is 0 Å². The van der Waals surface area contributed by atoms with Gasteiger partial charge < -0.3 is 10.1 Å². The number of halogens is 1. The lowest BCUT2D eigenvalue weighted by Gasteiger charge is -2.25. The normalized spacial score (nSPS) is 21.3. The van der Waals surface area contributed by atoms with Crippen molar-refractivity contribution in [1.29, 1.82) is 0 Å². The predicted molar refractivity (Wildman–Crippen MR) is 76.0 cm³/mol. The molecule has 0 amide bonds. The van der Waals surface area contributed by atoms with E-state index in [1.165, 1.54) is 6.07 Å². The van der Waals surface area contributed by atoms with Crippen LogP contribution in [0.4, 0.5) is 4.39 Å². The molecule has 2 aromatic carbocycles.